The smallest absolute Gasteiger partial charge is 0.221 e. The van der Waals surface area contributed by atoms with Crippen molar-refractivity contribution in [1.29, 1.82) is 5.26 Å². The molecule has 0 bridgehead atoms. The molecule has 1 N–H and O–H groups in total. The molecule has 4 rings (SSSR count). The highest BCUT2D eigenvalue weighted by molar-refractivity contribution is 5.88. The summed E-state index contributed by atoms with van der Waals surface area (Å²) in [6, 6.07) is 16.0. The van der Waals surface area contributed by atoms with Gasteiger partial charge in [0.25, 0.3) is 0 Å². The number of rotatable bonds is 5. The fourth-order valence-corrected chi connectivity index (χ4v) is 3.76. The summed E-state index contributed by atoms with van der Waals surface area (Å²) in [6.07, 6.45) is 4.78. The minimum absolute atomic E-state index is 0. The number of hydrogen-bond donors (Lipinski definition) is 1. The zero-order valence-electron chi connectivity index (χ0n) is 17.2. The summed E-state index contributed by atoms with van der Waals surface area (Å²) in [5.74, 6) is -0.0516. The first kappa shape index (κ1) is 24.4. The van der Waals surface area contributed by atoms with Gasteiger partial charge in [0.2, 0.25) is 5.91 Å². The summed E-state index contributed by atoms with van der Waals surface area (Å²) in [4.78, 5) is 18.1. The van der Waals surface area contributed by atoms with Crippen molar-refractivity contribution in [3.05, 3.63) is 82.9 Å². The number of fused-ring (bicyclic) bond motifs is 1. The molecule has 1 amide bonds. The Hall–Kier alpha value is -2.85. The molecule has 2 heterocycles. The van der Waals surface area contributed by atoms with Gasteiger partial charge >= 0.3 is 0 Å². The Morgan fingerprint density at radius 2 is 1.90 bits per heavy atom. The number of benzene rings is 2. The van der Waals surface area contributed by atoms with Gasteiger partial charge in [-0.05, 0) is 47.4 Å². The van der Waals surface area contributed by atoms with Gasteiger partial charge in [-0.3, -0.25) is 9.69 Å². The summed E-state index contributed by atoms with van der Waals surface area (Å²) >= 11 is 0. The molecular weight excluding hydrogens is 433 g/mol. The van der Waals surface area contributed by atoms with Gasteiger partial charge in [-0.2, -0.15) is 5.26 Å². The zero-order chi connectivity index (χ0) is 20.2. The maximum absolute atomic E-state index is 11.3. The zero-order valence-corrected chi connectivity index (χ0v) is 18.9. The van der Waals surface area contributed by atoms with Gasteiger partial charge in [0.15, 0.2) is 0 Å². The van der Waals surface area contributed by atoms with Gasteiger partial charge < -0.3 is 9.88 Å². The molecule has 8 heteroatoms. The number of carbonyl (C=O) groups is 1. The lowest BCUT2D eigenvalue weighted by atomic mass is 9.99. The molecule has 1 aromatic heterocycles. The van der Waals surface area contributed by atoms with E-state index < -0.39 is 0 Å². The Labute approximate surface area is 194 Å². The van der Waals surface area contributed by atoms with Crippen LogP contribution in [0.5, 0.6) is 0 Å². The number of anilines is 1. The van der Waals surface area contributed by atoms with E-state index in [9.17, 15) is 4.79 Å². The fraction of sp³-hybridized carbons (Fsp3) is 0.261. The van der Waals surface area contributed by atoms with E-state index in [2.05, 4.69) is 38.0 Å². The van der Waals surface area contributed by atoms with Crippen LogP contribution in [0, 0.1) is 11.3 Å². The molecule has 0 saturated heterocycles. The fourth-order valence-electron chi connectivity index (χ4n) is 3.76. The first-order valence-corrected chi connectivity index (χ1v) is 9.70. The van der Waals surface area contributed by atoms with E-state index in [1.54, 1.807) is 0 Å². The van der Waals surface area contributed by atoms with Gasteiger partial charge in [-0.1, -0.05) is 18.2 Å². The Morgan fingerprint density at radius 3 is 2.61 bits per heavy atom. The number of nitrogens with zero attached hydrogens (tertiary/aromatic N) is 4. The quantitative estimate of drug-likeness (QED) is 0.623. The third kappa shape index (κ3) is 6.08. The topological polar surface area (TPSA) is 74.0 Å². The van der Waals surface area contributed by atoms with E-state index in [1.807, 2.05) is 42.9 Å². The van der Waals surface area contributed by atoms with Crippen molar-refractivity contribution < 1.29 is 4.79 Å². The largest absolute Gasteiger partial charge is 0.329 e. The lowest BCUT2D eigenvalue weighted by molar-refractivity contribution is -0.114. The number of imidazole rings is 1. The predicted molar refractivity (Wildman–Crippen MR) is 126 cm³/mol. The number of nitrogens with one attached hydrogen (secondary N) is 1. The second-order valence-corrected chi connectivity index (χ2v) is 7.45. The van der Waals surface area contributed by atoms with Crippen LogP contribution in [0.4, 0.5) is 5.69 Å². The summed E-state index contributed by atoms with van der Waals surface area (Å²) in [7, 11) is 0. The minimum atomic E-state index is -0.0516. The number of hydrogen-bond acceptors (Lipinski definition) is 4. The monoisotopic (exact) mass is 457 g/mol. The van der Waals surface area contributed by atoms with Crippen LogP contribution in [-0.4, -0.2) is 26.9 Å². The van der Waals surface area contributed by atoms with E-state index in [0.29, 0.717) is 5.56 Å². The normalized spacial score (nSPS) is 12.6. The molecule has 1 aliphatic heterocycles. The van der Waals surface area contributed by atoms with Gasteiger partial charge in [-0.25, -0.2) is 4.98 Å². The van der Waals surface area contributed by atoms with Crippen LogP contribution in [0.1, 0.15) is 34.9 Å². The standard InChI is InChI=1S/C23H23N5O.2ClH/c1-17(29)26-22-7-6-20-8-9-27(14-21(20)10-22)15-23-12-25-16-28(23)13-19-4-2-18(11-24)3-5-19;;/h2-7,10,12,16H,8-9,13-15H2,1H3,(H,26,29);2*1H. The molecule has 0 saturated carbocycles. The molecule has 0 unspecified atom stereocenters. The first-order chi connectivity index (χ1) is 14.1. The van der Waals surface area contributed by atoms with Crippen LogP contribution >= 0.6 is 24.8 Å². The molecule has 1 aliphatic rings. The highest BCUT2D eigenvalue weighted by Crippen LogP contribution is 2.24. The average Bonchev–Trinajstić information content (AvgIpc) is 3.14. The summed E-state index contributed by atoms with van der Waals surface area (Å²) in [6.45, 7) is 4.93. The number of carbonyl (C=O) groups excluding carboxylic acids is 1. The molecule has 31 heavy (non-hydrogen) atoms. The van der Waals surface area contributed by atoms with Crippen molar-refractivity contribution in [2.75, 3.05) is 11.9 Å². The highest BCUT2D eigenvalue weighted by Gasteiger charge is 2.18. The van der Waals surface area contributed by atoms with Crippen LogP contribution in [0.15, 0.2) is 55.0 Å². The second kappa shape index (κ2) is 11.0. The van der Waals surface area contributed by atoms with Crippen LogP contribution in [0.2, 0.25) is 0 Å². The maximum Gasteiger partial charge on any atom is 0.221 e. The molecule has 0 radical (unpaired) electrons. The van der Waals surface area contributed by atoms with Gasteiger partial charge in [-0.15, -0.1) is 24.8 Å². The van der Waals surface area contributed by atoms with Crippen molar-refractivity contribution in [1.82, 2.24) is 14.5 Å². The average molecular weight is 458 g/mol. The molecule has 0 fully saturated rings. The molecule has 0 aliphatic carbocycles. The Bertz CT molecular complexity index is 1070. The van der Waals surface area contributed by atoms with Gasteiger partial charge in [0.05, 0.1) is 23.7 Å². The van der Waals surface area contributed by atoms with E-state index in [1.165, 1.54) is 18.1 Å². The number of amides is 1. The van der Waals surface area contributed by atoms with E-state index in [4.69, 9.17) is 5.26 Å². The SMILES string of the molecule is CC(=O)Nc1ccc2c(c1)CN(Cc1cncn1Cc1ccc(C#N)cc1)CC2.Cl.Cl. The minimum Gasteiger partial charge on any atom is -0.329 e. The van der Waals surface area contributed by atoms with E-state index in [-0.39, 0.29) is 30.7 Å². The van der Waals surface area contributed by atoms with Crippen LogP contribution in [0.3, 0.4) is 0 Å². The number of nitriles is 1. The third-order valence-electron chi connectivity index (χ3n) is 5.24. The lowest BCUT2D eigenvalue weighted by Crippen LogP contribution is -2.31. The molecule has 0 atom stereocenters. The number of aromatic nitrogens is 2. The first-order valence-electron chi connectivity index (χ1n) is 9.70. The van der Waals surface area contributed by atoms with Crippen molar-refractivity contribution >= 4 is 36.4 Å². The molecule has 162 valence electrons. The highest BCUT2D eigenvalue weighted by atomic mass is 35.5. The molecule has 0 spiro atoms. The summed E-state index contributed by atoms with van der Waals surface area (Å²) < 4.78 is 2.16. The van der Waals surface area contributed by atoms with Gasteiger partial charge in [0, 0.05) is 45.0 Å². The van der Waals surface area contributed by atoms with Crippen molar-refractivity contribution in [3.8, 4) is 6.07 Å². The van der Waals surface area contributed by atoms with E-state index in [0.717, 1.165) is 49.5 Å². The van der Waals surface area contributed by atoms with Crippen molar-refractivity contribution in [2.24, 2.45) is 0 Å². The summed E-state index contributed by atoms with van der Waals surface area (Å²) in [5.41, 5.74) is 6.44. The van der Waals surface area contributed by atoms with Gasteiger partial charge in [0.1, 0.15) is 0 Å². The Kier molecular flexibility index (Phi) is 8.64. The van der Waals surface area contributed by atoms with Crippen molar-refractivity contribution in [3.63, 3.8) is 0 Å². The third-order valence-corrected chi connectivity index (χ3v) is 5.24. The summed E-state index contributed by atoms with van der Waals surface area (Å²) in [5, 5.41) is 11.8. The lowest BCUT2D eigenvalue weighted by Gasteiger charge is -2.29. The van der Waals surface area contributed by atoms with Crippen LogP contribution in [0.25, 0.3) is 0 Å². The molecular formula is C23H25Cl2N5O. The van der Waals surface area contributed by atoms with Crippen molar-refractivity contribution in [2.45, 2.75) is 33.0 Å². The maximum atomic E-state index is 11.3. The molecule has 3 aromatic rings. The number of halogens is 2. The van der Waals surface area contributed by atoms with Crippen LogP contribution in [-0.2, 0) is 30.8 Å². The molecule has 6 nitrogen and oxygen atoms in total. The predicted octanol–water partition coefficient (Wildman–Crippen LogP) is 4.16. The molecule has 2 aromatic carbocycles. The Morgan fingerprint density at radius 1 is 1.13 bits per heavy atom. The van der Waals surface area contributed by atoms with E-state index >= 15 is 0 Å². The second-order valence-electron chi connectivity index (χ2n) is 7.45. The Balaban J connectivity index is 0.00000171. The van der Waals surface area contributed by atoms with Crippen LogP contribution < -0.4 is 5.32 Å².